The molecule has 0 aliphatic heterocycles. The summed E-state index contributed by atoms with van der Waals surface area (Å²) in [5, 5.41) is 2.59. The van der Waals surface area contributed by atoms with Gasteiger partial charge in [-0.25, -0.2) is 13.1 Å². The van der Waals surface area contributed by atoms with Crippen LogP contribution in [0.3, 0.4) is 0 Å². The van der Waals surface area contributed by atoms with Crippen LogP contribution in [0.2, 0.25) is 0 Å². The highest BCUT2D eigenvalue weighted by Gasteiger charge is 2.18. The Bertz CT molecular complexity index is 799. The van der Waals surface area contributed by atoms with Crippen molar-refractivity contribution < 1.29 is 17.9 Å². The van der Waals surface area contributed by atoms with E-state index in [1.165, 1.54) is 19.1 Å². The maximum Gasteiger partial charge on any atom is 0.241 e. The van der Waals surface area contributed by atoms with Crippen LogP contribution in [-0.2, 0) is 14.8 Å². The Morgan fingerprint density at radius 2 is 1.62 bits per heavy atom. The zero-order valence-electron chi connectivity index (χ0n) is 13.7. The van der Waals surface area contributed by atoms with Crippen LogP contribution in [0.1, 0.15) is 25.5 Å². The fraction of sp³-hybridized carbons (Fsp3) is 0.235. The first-order valence-electron chi connectivity index (χ1n) is 7.36. The van der Waals surface area contributed by atoms with Crippen LogP contribution in [0.15, 0.2) is 53.4 Å². The summed E-state index contributed by atoms with van der Waals surface area (Å²) >= 11 is 0. The lowest BCUT2D eigenvalue weighted by Gasteiger charge is -2.15. The number of nitrogens with one attached hydrogen (secondary N) is 2. The molecule has 1 unspecified atom stereocenters. The predicted molar refractivity (Wildman–Crippen MR) is 92.5 cm³/mol. The van der Waals surface area contributed by atoms with Gasteiger partial charge in [0.1, 0.15) is 5.75 Å². The van der Waals surface area contributed by atoms with Gasteiger partial charge in [0.15, 0.2) is 0 Å². The van der Waals surface area contributed by atoms with Crippen LogP contribution in [0.4, 0.5) is 5.69 Å². The molecule has 0 bridgehead atoms. The second kappa shape index (κ2) is 7.46. The zero-order valence-corrected chi connectivity index (χ0v) is 14.6. The topological polar surface area (TPSA) is 84.5 Å². The molecule has 7 heteroatoms. The van der Waals surface area contributed by atoms with Crippen molar-refractivity contribution in [1.29, 1.82) is 0 Å². The van der Waals surface area contributed by atoms with E-state index in [2.05, 4.69) is 10.0 Å². The minimum atomic E-state index is -3.66. The van der Waals surface area contributed by atoms with Gasteiger partial charge < -0.3 is 10.1 Å². The molecular weight excluding hydrogens is 328 g/mol. The molecule has 0 aliphatic rings. The summed E-state index contributed by atoms with van der Waals surface area (Å²) in [6.07, 6.45) is 0. The number of amides is 1. The third kappa shape index (κ3) is 4.56. The molecule has 128 valence electrons. The van der Waals surface area contributed by atoms with Gasteiger partial charge in [0, 0.05) is 18.7 Å². The van der Waals surface area contributed by atoms with Crippen molar-refractivity contribution in [1.82, 2.24) is 4.72 Å². The Morgan fingerprint density at radius 3 is 2.12 bits per heavy atom. The second-order valence-corrected chi connectivity index (χ2v) is 7.04. The first-order chi connectivity index (χ1) is 11.3. The van der Waals surface area contributed by atoms with Crippen LogP contribution in [0.25, 0.3) is 0 Å². The molecule has 2 aromatic carbocycles. The van der Waals surface area contributed by atoms with Crippen LogP contribution in [0, 0.1) is 0 Å². The summed E-state index contributed by atoms with van der Waals surface area (Å²) in [5.74, 6) is 0.499. The van der Waals surface area contributed by atoms with Gasteiger partial charge in [0.05, 0.1) is 12.0 Å². The second-order valence-electron chi connectivity index (χ2n) is 5.32. The molecular formula is C17H20N2O4S. The Hall–Kier alpha value is -2.38. The third-order valence-corrected chi connectivity index (χ3v) is 4.99. The molecule has 0 heterocycles. The molecule has 0 saturated carbocycles. The van der Waals surface area contributed by atoms with Crippen molar-refractivity contribution in [3.8, 4) is 5.75 Å². The molecule has 0 saturated heterocycles. The molecule has 1 atom stereocenters. The quantitative estimate of drug-likeness (QED) is 0.840. The largest absolute Gasteiger partial charge is 0.497 e. The van der Waals surface area contributed by atoms with Crippen molar-refractivity contribution in [3.05, 3.63) is 54.1 Å². The van der Waals surface area contributed by atoms with E-state index in [1.807, 2.05) is 12.1 Å². The van der Waals surface area contributed by atoms with Gasteiger partial charge in [-0.1, -0.05) is 12.1 Å². The van der Waals surface area contributed by atoms with Crippen LogP contribution >= 0.6 is 0 Å². The van der Waals surface area contributed by atoms with Gasteiger partial charge in [-0.3, -0.25) is 4.79 Å². The van der Waals surface area contributed by atoms with Gasteiger partial charge in [0.2, 0.25) is 15.9 Å². The summed E-state index contributed by atoms with van der Waals surface area (Å²) in [4.78, 5) is 11.1. The van der Waals surface area contributed by atoms with E-state index in [0.29, 0.717) is 11.4 Å². The standard InChI is InChI=1S/C17H20N2O4S/c1-12(14-4-8-16(23-3)9-5-14)19-24(21,22)17-10-6-15(7-11-17)18-13(2)20/h4-12,19H,1-3H3,(H,18,20). The summed E-state index contributed by atoms with van der Waals surface area (Å²) in [7, 11) is -2.09. The maximum absolute atomic E-state index is 12.4. The predicted octanol–water partition coefficient (Wildman–Crippen LogP) is 2.69. The number of carbonyl (C=O) groups excluding carboxylic acids is 1. The van der Waals surface area contributed by atoms with Crippen molar-refractivity contribution in [3.63, 3.8) is 0 Å². The normalized spacial score (nSPS) is 12.5. The number of hydrogen-bond donors (Lipinski definition) is 2. The van der Waals surface area contributed by atoms with E-state index in [9.17, 15) is 13.2 Å². The van der Waals surface area contributed by atoms with Crippen molar-refractivity contribution in [2.24, 2.45) is 0 Å². The number of methoxy groups -OCH3 is 1. The fourth-order valence-electron chi connectivity index (χ4n) is 2.18. The first kappa shape index (κ1) is 18.0. The van der Waals surface area contributed by atoms with Gasteiger partial charge in [-0.05, 0) is 48.9 Å². The fourth-order valence-corrected chi connectivity index (χ4v) is 3.41. The number of sulfonamides is 1. The maximum atomic E-state index is 12.4. The molecule has 0 spiro atoms. The van der Waals surface area contributed by atoms with Gasteiger partial charge in [0.25, 0.3) is 0 Å². The molecule has 2 rings (SSSR count). The van der Waals surface area contributed by atoms with Crippen molar-refractivity contribution in [2.75, 3.05) is 12.4 Å². The highest BCUT2D eigenvalue weighted by Crippen LogP contribution is 2.20. The van der Waals surface area contributed by atoms with Gasteiger partial charge in [-0.15, -0.1) is 0 Å². The number of anilines is 1. The molecule has 0 aromatic heterocycles. The van der Waals surface area contributed by atoms with E-state index in [0.717, 1.165) is 5.56 Å². The molecule has 2 aromatic rings. The molecule has 2 N–H and O–H groups in total. The minimum absolute atomic E-state index is 0.136. The molecule has 1 amide bonds. The summed E-state index contributed by atoms with van der Waals surface area (Å²) < 4.78 is 32.6. The van der Waals surface area contributed by atoms with Gasteiger partial charge >= 0.3 is 0 Å². The number of benzene rings is 2. The van der Waals surface area contributed by atoms with E-state index < -0.39 is 16.1 Å². The Kier molecular flexibility index (Phi) is 5.58. The molecule has 0 fully saturated rings. The molecule has 0 radical (unpaired) electrons. The minimum Gasteiger partial charge on any atom is -0.497 e. The van der Waals surface area contributed by atoms with Crippen LogP contribution in [-0.4, -0.2) is 21.4 Å². The summed E-state index contributed by atoms with van der Waals surface area (Å²) in [5.41, 5.74) is 1.37. The number of carbonyl (C=O) groups is 1. The Morgan fingerprint density at radius 1 is 1.04 bits per heavy atom. The lowest BCUT2D eigenvalue weighted by molar-refractivity contribution is -0.114. The lowest BCUT2D eigenvalue weighted by atomic mass is 10.1. The lowest BCUT2D eigenvalue weighted by Crippen LogP contribution is -2.26. The van der Waals surface area contributed by atoms with E-state index >= 15 is 0 Å². The average molecular weight is 348 g/mol. The molecule has 6 nitrogen and oxygen atoms in total. The van der Waals surface area contributed by atoms with E-state index in [1.54, 1.807) is 38.3 Å². The average Bonchev–Trinajstić information content (AvgIpc) is 2.54. The monoisotopic (exact) mass is 348 g/mol. The van der Waals surface area contributed by atoms with Crippen LogP contribution in [0.5, 0.6) is 5.75 Å². The van der Waals surface area contributed by atoms with E-state index in [-0.39, 0.29) is 10.8 Å². The van der Waals surface area contributed by atoms with Gasteiger partial charge in [-0.2, -0.15) is 0 Å². The van der Waals surface area contributed by atoms with Crippen LogP contribution < -0.4 is 14.8 Å². The smallest absolute Gasteiger partial charge is 0.241 e. The number of hydrogen-bond acceptors (Lipinski definition) is 4. The first-order valence-corrected chi connectivity index (χ1v) is 8.84. The van der Waals surface area contributed by atoms with Crippen molar-refractivity contribution in [2.45, 2.75) is 24.8 Å². The SMILES string of the molecule is COc1ccc(C(C)NS(=O)(=O)c2ccc(NC(C)=O)cc2)cc1. The van der Waals surface area contributed by atoms with Crippen molar-refractivity contribution >= 4 is 21.6 Å². The number of ether oxygens (including phenoxy) is 1. The summed E-state index contributed by atoms with van der Waals surface area (Å²) in [6, 6.07) is 12.8. The highest BCUT2D eigenvalue weighted by molar-refractivity contribution is 7.89. The zero-order chi connectivity index (χ0) is 17.7. The Balaban J connectivity index is 2.13. The molecule has 24 heavy (non-hydrogen) atoms. The number of rotatable bonds is 6. The Labute approximate surface area is 141 Å². The molecule has 0 aliphatic carbocycles. The highest BCUT2D eigenvalue weighted by atomic mass is 32.2. The third-order valence-electron chi connectivity index (χ3n) is 3.43. The van der Waals surface area contributed by atoms with E-state index in [4.69, 9.17) is 4.74 Å². The summed E-state index contributed by atoms with van der Waals surface area (Å²) in [6.45, 7) is 3.16.